The van der Waals surface area contributed by atoms with Crippen molar-refractivity contribution in [1.82, 2.24) is 5.32 Å². The minimum atomic E-state index is -2.99. The van der Waals surface area contributed by atoms with E-state index < -0.39 is 17.4 Å². The smallest absolute Gasteiger partial charge is 0.387 e. The molecule has 0 heterocycles. The van der Waals surface area contributed by atoms with Crippen LogP contribution < -0.4 is 14.8 Å². The Bertz CT molecular complexity index is 864. The molecule has 2 rings (SSSR count). The van der Waals surface area contributed by atoms with Crippen LogP contribution >= 0.6 is 11.8 Å². The molecule has 1 N–H and O–H groups in total. The van der Waals surface area contributed by atoms with Gasteiger partial charge in [-0.15, -0.1) is 11.8 Å². The summed E-state index contributed by atoms with van der Waals surface area (Å²) in [5, 5.41) is 13.7. The summed E-state index contributed by atoms with van der Waals surface area (Å²) in [5.74, 6) is -0.526. The van der Waals surface area contributed by atoms with Gasteiger partial charge in [-0.25, -0.2) is 0 Å². The molecule has 0 aromatic heterocycles. The van der Waals surface area contributed by atoms with Crippen molar-refractivity contribution in [2.45, 2.75) is 17.9 Å². The number of hydrogen-bond acceptors (Lipinski definition) is 6. The third-order valence-corrected chi connectivity index (χ3v) is 4.51. The normalized spacial score (nSPS) is 10.6. The van der Waals surface area contributed by atoms with Crippen LogP contribution in [0.3, 0.4) is 0 Å². The van der Waals surface area contributed by atoms with Gasteiger partial charge in [-0.05, 0) is 42.5 Å². The molecule has 0 fully saturated rings. The van der Waals surface area contributed by atoms with E-state index in [4.69, 9.17) is 4.74 Å². The zero-order chi connectivity index (χ0) is 20.7. The van der Waals surface area contributed by atoms with E-state index in [0.29, 0.717) is 12.0 Å². The largest absolute Gasteiger partial charge is 0.493 e. The fraction of sp³-hybridized carbons (Fsp3) is 0.278. The maximum absolute atomic E-state index is 12.5. The van der Waals surface area contributed by atoms with E-state index in [0.717, 1.165) is 4.90 Å². The van der Waals surface area contributed by atoms with Gasteiger partial charge in [0.2, 0.25) is 0 Å². The van der Waals surface area contributed by atoms with Gasteiger partial charge < -0.3 is 14.8 Å². The standard InChI is InChI=1S/C18H18F2N2O5S/c1-26-15-6-3-11(9-16(15)27-18(19)20)7-8-21-17(23)13-10-12(28-2)4-5-14(13)22(24)25/h3-6,9-10,18H,7-8H2,1-2H3,(H,21,23). The summed E-state index contributed by atoms with van der Waals surface area (Å²) in [6.45, 7) is -2.84. The number of methoxy groups -OCH3 is 1. The quantitative estimate of drug-likeness (QED) is 0.382. The molecule has 0 aliphatic heterocycles. The van der Waals surface area contributed by atoms with Crippen LogP contribution in [0.4, 0.5) is 14.5 Å². The van der Waals surface area contributed by atoms with Gasteiger partial charge in [0.05, 0.1) is 12.0 Å². The lowest BCUT2D eigenvalue weighted by molar-refractivity contribution is -0.385. The molecule has 0 unspecified atom stereocenters. The molecule has 2 aromatic carbocycles. The number of nitro groups is 1. The summed E-state index contributed by atoms with van der Waals surface area (Å²) in [6, 6.07) is 8.86. The van der Waals surface area contributed by atoms with Crippen LogP contribution in [0.5, 0.6) is 11.5 Å². The Morgan fingerprint density at radius 3 is 2.61 bits per heavy atom. The molecule has 1 amide bonds. The second-order valence-corrected chi connectivity index (χ2v) is 6.39. The number of halogens is 2. The van der Waals surface area contributed by atoms with E-state index in [2.05, 4.69) is 10.1 Å². The van der Waals surface area contributed by atoms with Gasteiger partial charge in [0.1, 0.15) is 5.56 Å². The van der Waals surface area contributed by atoms with Gasteiger partial charge >= 0.3 is 6.61 Å². The molecule has 0 atom stereocenters. The first-order chi connectivity index (χ1) is 13.3. The van der Waals surface area contributed by atoms with E-state index in [-0.39, 0.29) is 29.3 Å². The molecular formula is C18H18F2N2O5S. The summed E-state index contributed by atoms with van der Waals surface area (Å²) in [5.41, 5.74) is 0.310. The molecule has 0 aliphatic rings. The lowest BCUT2D eigenvalue weighted by Gasteiger charge is -2.12. The number of nitro benzene ring substituents is 1. The summed E-state index contributed by atoms with van der Waals surface area (Å²) in [6.07, 6.45) is 2.11. The maximum Gasteiger partial charge on any atom is 0.387 e. The molecule has 0 spiro atoms. The van der Waals surface area contributed by atoms with Crippen LogP contribution in [0.1, 0.15) is 15.9 Å². The highest BCUT2D eigenvalue weighted by molar-refractivity contribution is 7.98. The molecule has 28 heavy (non-hydrogen) atoms. The van der Waals surface area contributed by atoms with Crippen LogP contribution in [-0.2, 0) is 6.42 Å². The van der Waals surface area contributed by atoms with Crippen molar-refractivity contribution in [1.29, 1.82) is 0 Å². The van der Waals surface area contributed by atoms with E-state index in [1.165, 1.54) is 43.1 Å². The summed E-state index contributed by atoms with van der Waals surface area (Å²) in [7, 11) is 1.34. The Balaban J connectivity index is 2.07. The number of carbonyl (C=O) groups excluding carboxylic acids is 1. The van der Waals surface area contributed by atoms with Gasteiger partial charge in [0.25, 0.3) is 11.6 Å². The van der Waals surface area contributed by atoms with Gasteiger partial charge in [0, 0.05) is 17.5 Å². The number of carbonyl (C=O) groups is 1. The van der Waals surface area contributed by atoms with Crippen molar-refractivity contribution in [2.24, 2.45) is 0 Å². The molecule has 150 valence electrons. The van der Waals surface area contributed by atoms with Gasteiger partial charge in [0.15, 0.2) is 11.5 Å². The first-order valence-electron chi connectivity index (χ1n) is 8.08. The lowest BCUT2D eigenvalue weighted by Crippen LogP contribution is -2.26. The van der Waals surface area contributed by atoms with Gasteiger partial charge in [-0.3, -0.25) is 14.9 Å². The fourth-order valence-electron chi connectivity index (χ4n) is 2.46. The van der Waals surface area contributed by atoms with Crippen LogP contribution in [0.15, 0.2) is 41.3 Å². The molecule has 2 aromatic rings. The predicted molar refractivity (Wildman–Crippen MR) is 101 cm³/mol. The minimum Gasteiger partial charge on any atom is -0.493 e. The monoisotopic (exact) mass is 412 g/mol. The first-order valence-corrected chi connectivity index (χ1v) is 9.30. The third-order valence-electron chi connectivity index (χ3n) is 3.79. The van der Waals surface area contributed by atoms with Gasteiger partial charge in [-0.1, -0.05) is 6.07 Å². The average molecular weight is 412 g/mol. The molecule has 0 saturated heterocycles. The first kappa shape index (κ1) is 21.4. The second kappa shape index (κ2) is 9.88. The van der Waals surface area contributed by atoms with Crippen molar-refractivity contribution >= 4 is 23.4 Å². The van der Waals surface area contributed by atoms with Crippen LogP contribution in [0.2, 0.25) is 0 Å². The second-order valence-electron chi connectivity index (χ2n) is 5.51. The Morgan fingerprint density at radius 1 is 1.25 bits per heavy atom. The number of nitrogens with one attached hydrogen (secondary N) is 1. The third kappa shape index (κ3) is 5.56. The fourth-order valence-corrected chi connectivity index (χ4v) is 2.90. The molecule has 0 radical (unpaired) electrons. The van der Waals surface area contributed by atoms with E-state index in [9.17, 15) is 23.7 Å². The van der Waals surface area contributed by atoms with Crippen LogP contribution in [0.25, 0.3) is 0 Å². The number of benzene rings is 2. The number of thioether (sulfide) groups is 1. The number of nitrogens with zero attached hydrogens (tertiary/aromatic N) is 1. The van der Waals surface area contributed by atoms with Crippen molar-refractivity contribution in [3.8, 4) is 11.5 Å². The highest BCUT2D eigenvalue weighted by atomic mass is 32.2. The minimum absolute atomic E-state index is 0.0340. The highest BCUT2D eigenvalue weighted by Crippen LogP contribution is 2.29. The molecular weight excluding hydrogens is 394 g/mol. The molecule has 10 heteroatoms. The Kier molecular flexibility index (Phi) is 7.56. The zero-order valence-electron chi connectivity index (χ0n) is 15.1. The Labute approximate surface area is 164 Å². The van der Waals surface area contributed by atoms with E-state index >= 15 is 0 Å². The van der Waals surface area contributed by atoms with Gasteiger partial charge in [-0.2, -0.15) is 8.78 Å². The number of ether oxygens (including phenoxy) is 2. The molecule has 0 aliphatic carbocycles. The Morgan fingerprint density at radius 2 is 2.00 bits per heavy atom. The zero-order valence-corrected chi connectivity index (χ0v) is 15.9. The SMILES string of the molecule is COc1ccc(CCNC(=O)c2cc(SC)ccc2[N+](=O)[O-])cc1OC(F)F. The van der Waals surface area contributed by atoms with Crippen LogP contribution in [-0.4, -0.2) is 37.4 Å². The Hall–Kier alpha value is -2.88. The molecule has 0 bridgehead atoms. The van der Waals surface area contributed by atoms with Crippen molar-refractivity contribution < 1.29 is 28.0 Å². The van der Waals surface area contributed by atoms with E-state index in [1.807, 2.05) is 0 Å². The summed E-state index contributed by atoms with van der Waals surface area (Å²) < 4.78 is 34.4. The predicted octanol–water partition coefficient (Wildman–Crippen LogP) is 3.90. The van der Waals surface area contributed by atoms with Crippen molar-refractivity contribution in [2.75, 3.05) is 19.9 Å². The number of alkyl halides is 2. The van der Waals surface area contributed by atoms with E-state index in [1.54, 1.807) is 18.4 Å². The maximum atomic E-state index is 12.5. The number of rotatable bonds is 9. The highest BCUT2D eigenvalue weighted by Gasteiger charge is 2.20. The molecule has 0 saturated carbocycles. The van der Waals surface area contributed by atoms with Crippen molar-refractivity contribution in [3.63, 3.8) is 0 Å². The lowest BCUT2D eigenvalue weighted by atomic mass is 10.1. The number of amides is 1. The number of hydrogen-bond donors (Lipinski definition) is 1. The summed E-state index contributed by atoms with van der Waals surface area (Å²) in [4.78, 5) is 23.6. The van der Waals surface area contributed by atoms with Crippen LogP contribution in [0, 0.1) is 10.1 Å². The summed E-state index contributed by atoms with van der Waals surface area (Å²) >= 11 is 1.36. The van der Waals surface area contributed by atoms with Crippen molar-refractivity contribution in [3.05, 3.63) is 57.6 Å². The topological polar surface area (TPSA) is 90.7 Å². The molecule has 7 nitrogen and oxygen atoms in total. The average Bonchev–Trinajstić information content (AvgIpc) is 2.67.